The minimum Gasteiger partial charge on any atom is -0.337 e. The first kappa shape index (κ1) is 15.0. The van der Waals surface area contributed by atoms with Crippen LogP contribution in [0.4, 0.5) is 0 Å². The van der Waals surface area contributed by atoms with Gasteiger partial charge < -0.3 is 4.57 Å². The lowest BCUT2D eigenvalue weighted by Gasteiger charge is -2.15. The van der Waals surface area contributed by atoms with Gasteiger partial charge in [-0.25, -0.2) is 0 Å². The van der Waals surface area contributed by atoms with Crippen molar-refractivity contribution in [2.75, 3.05) is 0 Å². The van der Waals surface area contributed by atoms with E-state index in [9.17, 15) is 0 Å². The number of hydrogen-bond acceptors (Lipinski definition) is 0. The van der Waals surface area contributed by atoms with Crippen LogP contribution in [-0.2, 0) is 0 Å². The van der Waals surface area contributed by atoms with Crippen LogP contribution in [0.5, 0.6) is 0 Å². The number of fused-ring (bicyclic) bond motifs is 3. The SMILES string of the molecule is Cc1cc2c3cccc(-c4ccccc4)c3n(C(C)C)c2cc1C. The summed E-state index contributed by atoms with van der Waals surface area (Å²) in [5.74, 6) is 0. The second kappa shape index (κ2) is 5.52. The van der Waals surface area contributed by atoms with Gasteiger partial charge in [0, 0.05) is 27.9 Å². The lowest BCUT2D eigenvalue weighted by atomic mass is 10.0. The van der Waals surface area contributed by atoms with Crippen LogP contribution >= 0.6 is 0 Å². The fourth-order valence-corrected chi connectivity index (χ4v) is 3.74. The van der Waals surface area contributed by atoms with Crippen molar-refractivity contribution in [2.45, 2.75) is 33.7 Å². The second-order valence-electron chi connectivity index (χ2n) is 6.99. The molecule has 4 aromatic rings. The van der Waals surface area contributed by atoms with E-state index in [1.54, 1.807) is 0 Å². The molecule has 4 rings (SSSR count). The van der Waals surface area contributed by atoms with Gasteiger partial charge in [-0.2, -0.15) is 0 Å². The Bertz CT molecular complexity index is 1040. The van der Waals surface area contributed by atoms with Crippen molar-refractivity contribution in [2.24, 2.45) is 0 Å². The Kier molecular flexibility index (Phi) is 3.45. The van der Waals surface area contributed by atoms with Crippen LogP contribution in [0.15, 0.2) is 60.7 Å². The van der Waals surface area contributed by atoms with E-state index in [4.69, 9.17) is 0 Å². The minimum absolute atomic E-state index is 0.414. The minimum atomic E-state index is 0.414. The Morgan fingerprint density at radius 1 is 0.750 bits per heavy atom. The van der Waals surface area contributed by atoms with Crippen LogP contribution in [0.1, 0.15) is 31.0 Å². The number of rotatable bonds is 2. The molecular weight excluding hydrogens is 290 g/mol. The van der Waals surface area contributed by atoms with Crippen LogP contribution < -0.4 is 0 Å². The van der Waals surface area contributed by atoms with Crippen LogP contribution in [0, 0.1) is 13.8 Å². The smallest absolute Gasteiger partial charge is 0.0573 e. The summed E-state index contributed by atoms with van der Waals surface area (Å²) in [4.78, 5) is 0. The number of para-hydroxylation sites is 1. The van der Waals surface area contributed by atoms with Gasteiger partial charge in [0.25, 0.3) is 0 Å². The highest BCUT2D eigenvalue weighted by Crippen LogP contribution is 2.38. The molecule has 0 atom stereocenters. The number of aryl methyl sites for hydroxylation is 2. The highest BCUT2D eigenvalue weighted by molar-refractivity contribution is 6.13. The Hall–Kier alpha value is -2.54. The van der Waals surface area contributed by atoms with Gasteiger partial charge in [-0.3, -0.25) is 0 Å². The maximum atomic E-state index is 2.50. The molecule has 0 amide bonds. The Morgan fingerprint density at radius 3 is 2.17 bits per heavy atom. The summed E-state index contributed by atoms with van der Waals surface area (Å²) < 4.78 is 2.50. The molecule has 0 spiro atoms. The van der Waals surface area contributed by atoms with Gasteiger partial charge in [-0.15, -0.1) is 0 Å². The summed E-state index contributed by atoms with van der Waals surface area (Å²) in [5.41, 5.74) is 7.99. The van der Waals surface area contributed by atoms with Crippen molar-refractivity contribution in [3.8, 4) is 11.1 Å². The van der Waals surface area contributed by atoms with E-state index in [-0.39, 0.29) is 0 Å². The zero-order valence-corrected chi connectivity index (χ0v) is 14.8. The maximum Gasteiger partial charge on any atom is 0.0573 e. The van der Waals surface area contributed by atoms with E-state index in [1.165, 1.54) is 44.1 Å². The van der Waals surface area contributed by atoms with Crippen molar-refractivity contribution >= 4 is 21.8 Å². The number of aromatic nitrogens is 1. The Balaban J connectivity index is 2.21. The third-order valence-electron chi connectivity index (χ3n) is 5.04. The van der Waals surface area contributed by atoms with Crippen molar-refractivity contribution in [1.29, 1.82) is 0 Å². The van der Waals surface area contributed by atoms with Crippen LogP contribution in [0.2, 0.25) is 0 Å². The van der Waals surface area contributed by atoms with Gasteiger partial charge in [0.05, 0.1) is 5.52 Å². The highest BCUT2D eigenvalue weighted by Gasteiger charge is 2.17. The fourth-order valence-electron chi connectivity index (χ4n) is 3.74. The van der Waals surface area contributed by atoms with E-state index in [0.29, 0.717) is 6.04 Å². The van der Waals surface area contributed by atoms with Crippen molar-refractivity contribution in [1.82, 2.24) is 4.57 Å². The maximum absolute atomic E-state index is 2.50. The summed E-state index contributed by atoms with van der Waals surface area (Å²) in [5, 5.41) is 2.71. The van der Waals surface area contributed by atoms with Gasteiger partial charge in [0.15, 0.2) is 0 Å². The molecule has 1 heteroatoms. The molecule has 0 saturated heterocycles. The normalized spacial score (nSPS) is 11.7. The fraction of sp³-hybridized carbons (Fsp3) is 0.217. The predicted octanol–water partition coefficient (Wildman–Crippen LogP) is 6.66. The molecule has 1 nitrogen and oxygen atoms in total. The zero-order chi connectivity index (χ0) is 16.8. The molecule has 0 aliphatic rings. The third-order valence-corrected chi connectivity index (χ3v) is 5.04. The first-order chi connectivity index (χ1) is 11.6. The largest absolute Gasteiger partial charge is 0.337 e. The first-order valence-corrected chi connectivity index (χ1v) is 8.67. The molecule has 1 aromatic heterocycles. The molecule has 24 heavy (non-hydrogen) atoms. The van der Waals surface area contributed by atoms with E-state index < -0.39 is 0 Å². The average Bonchev–Trinajstić information content (AvgIpc) is 2.90. The molecule has 0 aliphatic carbocycles. The van der Waals surface area contributed by atoms with Crippen LogP contribution in [0.3, 0.4) is 0 Å². The van der Waals surface area contributed by atoms with Gasteiger partial charge in [0.2, 0.25) is 0 Å². The van der Waals surface area contributed by atoms with E-state index in [0.717, 1.165) is 0 Å². The molecule has 1 heterocycles. The number of hydrogen-bond donors (Lipinski definition) is 0. The molecule has 0 fully saturated rings. The Labute approximate surface area is 143 Å². The number of nitrogens with zero attached hydrogens (tertiary/aromatic N) is 1. The van der Waals surface area contributed by atoms with E-state index >= 15 is 0 Å². The summed E-state index contributed by atoms with van der Waals surface area (Å²) >= 11 is 0. The van der Waals surface area contributed by atoms with Crippen molar-refractivity contribution in [3.63, 3.8) is 0 Å². The Morgan fingerprint density at radius 2 is 1.46 bits per heavy atom. The monoisotopic (exact) mass is 313 g/mol. The summed E-state index contributed by atoms with van der Waals surface area (Å²) in [6.45, 7) is 8.95. The molecule has 0 bridgehead atoms. The average molecular weight is 313 g/mol. The van der Waals surface area contributed by atoms with Gasteiger partial charge >= 0.3 is 0 Å². The molecular formula is C23H23N. The van der Waals surface area contributed by atoms with Crippen LogP contribution in [0.25, 0.3) is 32.9 Å². The third kappa shape index (κ3) is 2.16. The quantitative estimate of drug-likeness (QED) is 0.390. The number of benzene rings is 3. The molecule has 0 unspecified atom stereocenters. The first-order valence-electron chi connectivity index (χ1n) is 8.67. The summed E-state index contributed by atoms with van der Waals surface area (Å²) in [6.07, 6.45) is 0. The standard InChI is InChI=1S/C23H23N/c1-15(2)24-22-14-17(4)16(3)13-21(22)20-12-8-11-19(23(20)24)18-9-6-5-7-10-18/h5-15H,1-4H3. The molecule has 0 aliphatic heterocycles. The molecule has 0 radical (unpaired) electrons. The van der Waals surface area contributed by atoms with E-state index in [1.807, 2.05) is 0 Å². The van der Waals surface area contributed by atoms with Crippen molar-refractivity contribution in [3.05, 3.63) is 71.8 Å². The van der Waals surface area contributed by atoms with Gasteiger partial charge in [0.1, 0.15) is 0 Å². The molecule has 0 N–H and O–H groups in total. The van der Waals surface area contributed by atoms with Gasteiger partial charge in [-0.05, 0) is 56.5 Å². The lowest BCUT2D eigenvalue weighted by molar-refractivity contribution is 0.642. The zero-order valence-electron chi connectivity index (χ0n) is 14.8. The molecule has 120 valence electrons. The van der Waals surface area contributed by atoms with Crippen molar-refractivity contribution < 1.29 is 0 Å². The molecule has 3 aromatic carbocycles. The second-order valence-corrected chi connectivity index (χ2v) is 6.99. The summed E-state index contributed by atoms with van der Waals surface area (Å²) in [7, 11) is 0. The lowest BCUT2D eigenvalue weighted by Crippen LogP contribution is -2.01. The topological polar surface area (TPSA) is 4.93 Å². The van der Waals surface area contributed by atoms with Crippen LogP contribution in [-0.4, -0.2) is 4.57 Å². The predicted molar refractivity (Wildman–Crippen MR) is 105 cm³/mol. The van der Waals surface area contributed by atoms with Gasteiger partial charge in [-0.1, -0.05) is 48.5 Å². The van der Waals surface area contributed by atoms with E-state index in [2.05, 4.69) is 92.9 Å². The molecule has 0 saturated carbocycles. The summed E-state index contributed by atoms with van der Waals surface area (Å²) in [6, 6.07) is 22.5. The highest BCUT2D eigenvalue weighted by atomic mass is 15.0.